The number of carbonyl (C=O) groups excluding carboxylic acids is 2. The number of hydrogen-bond acceptors (Lipinski definition) is 4. The highest BCUT2D eigenvalue weighted by Gasteiger charge is 2.19. The van der Waals surface area contributed by atoms with Gasteiger partial charge in [0.2, 0.25) is 0 Å². The van der Waals surface area contributed by atoms with Gasteiger partial charge in [0.05, 0.1) is 23.8 Å². The highest BCUT2D eigenvalue weighted by Crippen LogP contribution is 2.15. The van der Waals surface area contributed by atoms with Crippen LogP contribution in [-0.2, 0) is 9.47 Å². The maximum atomic E-state index is 12.4. The number of ether oxygens (including phenoxy) is 2. The van der Waals surface area contributed by atoms with Crippen molar-refractivity contribution in [2.24, 2.45) is 5.92 Å². The summed E-state index contributed by atoms with van der Waals surface area (Å²) in [7, 11) is 0. The van der Waals surface area contributed by atoms with Gasteiger partial charge in [-0.25, -0.2) is 9.59 Å². The normalized spacial score (nSPS) is 11.2. The molecule has 0 saturated heterocycles. The van der Waals surface area contributed by atoms with Crippen LogP contribution in [0.2, 0.25) is 0 Å². The fourth-order valence-corrected chi connectivity index (χ4v) is 3.96. The third kappa shape index (κ3) is 14.8. The van der Waals surface area contributed by atoms with Gasteiger partial charge in [0.15, 0.2) is 0 Å². The molecule has 0 bridgehead atoms. The summed E-state index contributed by atoms with van der Waals surface area (Å²) in [6.45, 7) is 8.59. The van der Waals surface area contributed by atoms with E-state index in [1.165, 1.54) is 77.0 Å². The molecule has 0 unspecified atom stereocenters. The summed E-state index contributed by atoms with van der Waals surface area (Å²) in [4.78, 5) is 24.6. The predicted octanol–water partition coefficient (Wildman–Crippen LogP) is 8.53. The highest BCUT2D eigenvalue weighted by atomic mass is 16.5. The average Bonchev–Trinajstić information content (AvgIpc) is 2.78. The van der Waals surface area contributed by atoms with Gasteiger partial charge < -0.3 is 9.47 Å². The first-order chi connectivity index (χ1) is 15.9. The highest BCUT2D eigenvalue weighted by molar-refractivity contribution is 6.03. The van der Waals surface area contributed by atoms with E-state index < -0.39 is 11.9 Å². The monoisotopic (exact) mass is 460 g/mol. The number of unbranched alkanes of at least 4 members (excludes halogenated alkanes) is 12. The molecule has 1 aromatic carbocycles. The van der Waals surface area contributed by atoms with Gasteiger partial charge in [0.1, 0.15) is 0 Å². The van der Waals surface area contributed by atoms with Crippen LogP contribution in [0, 0.1) is 5.92 Å². The second-order valence-electron chi connectivity index (χ2n) is 9.91. The summed E-state index contributed by atoms with van der Waals surface area (Å²) in [5, 5.41) is 0. The molecule has 33 heavy (non-hydrogen) atoms. The van der Waals surface area contributed by atoms with Crippen molar-refractivity contribution in [1.82, 2.24) is 0 Å². The second kappa shape index (κ2) is 18.6. The standard InChI is InChI=1S/C29H48O4/c1-24(2)20-16-14-12-10-8-6-5-7-9-11-13-15-19-23-32-28(30)26-21-17-18-22-27(26)29(31)33-25(3)4/h17-18,21-22,24-25H,5-16,19-20,23H2,1-4H3. The van der Waals surface area contributed by atoms with Crippen LogP contribution >= 0.6 is 0 Å². The summed E-state index contributed by atoms with van der Waals surface area (Å²) < 4.78 is 10.6. The smallest absolute Gasteiger partial charge is 0.339 e. The molecule has 0 aromatic heterocycles. The van der Waals surface area contributed by atoms with Gasteiger partial charge in [-0.1, -0.05) is 109 Å². The van der Waals surface area contributed by atoms with Crippen molar-refractivity contribution in [2.75, 3.05) is 6.61 Å². The Balaban J connectivity index is 2.01. The van der Waals surface area contributed by atoms with Crippen LogP contribution in [0.5, 0.6) is 0 Å². The van der Waals surface area contributed by atoms with Crippen molar-refractivity contribution in [3.63, 3.8) is 0 Å². The Morgan fingerprint density at radius 3 is 1.52 bits per heavy atom. The minimum atomic E-state index is -0.487. The molecule has 0 heterocycles. The maximum Gasteiger partial charge on any atom is 0.339 e. The molecule has 0 radical (unpaired) electrons. The van der Waals surface area contributed by atoms with Gasteiger partial charge in [-0.15, -0.1) is 0 Å². The summed E-state index contributed by atoms with van der Waals surface area (Å²) in [5.41, 5.74) is 0.543. The largest absolute Gasteiger partial charge is 0.462 e. The predicted molar refractivity (Wildman–Crippen MR) is 137 cm³/mol. The van der Waals surface area contributed by atoms with Crippen LogP contribution in [0.3, 0.4) is 0 Å². The topological polar surface area (TPSA) is 52.6 Å². The van der Waals surface area contributed by atoms with Crippen LogP contribution in [-0.4, -0.2) is 24.6 Å². The number of carbonyl (C=O) groups is 2. The molecule has 0 fully saturated rings. The average molecular weight is 461 g/mol. The molecule has 0 spiro atoms. The van der Waals surface area contributed by atoms with Gasteiger partial charge in [-0.2, -0.15) is 0 Å². The molecule has 0 N–H and O–H groups in total. The van der Waals surface area contributed by atoms with Crippen molar-refractivity contribution in [1.29, 1.82) is 0 Å². The number of benzene rings is 1. The fourth-order valence-electron chi connectivity index (χ4n) is 3.96. The van der Waals surface area contributed by atoms with Crippen molar-refractivity contribution < 1.29 is 19.1 Å². The van der Waals surface area contributed by atoms with Gasteiger partial charge in [-0.3, -0.25) is 0 Å². The van der Waals surface area contributed by atoms with Gasteiger partial charge >= 0.3 is 11.9 Å². The van der Waals surface area contributed by atoms with E-state index in [4.69, 9.17) is 9.47 Å². The van der Waals surface area contributed by atoms with Crippen molar-refractivity contribution in [3.8, 4) is 0 Å². The Hall–Kier alpha value is -1.84. The molecule has 0 aliphatic carbocycles. The molecule has 0 saturated carbocycles. The molecule has 1 rings (SSSR count). The fraction of sp³-hybridized carbons (Fsp3) is 0.724. The Morgan fingerprint density at radius 1 is 0.636 bits per heavy atom. The molecule has 0 amide bonds. The zero-order valence-corrected chi connectivity index (χ0v) is 21.7. The summed E-state index contributed by atoms with van der Waals surface area (Å²) >= 11 is 0. The summed E-state index contributed by atoms with van der Waals surface area (Å²) in [5.74, 6) is -0.0881. The molecule has 0 aliphatic rings. The van der Waals surface area contributed by atoms with Gasteiger partial charge in [0, 0.05) is 0 Å². The van der Waals surface area contributed by atoms with Crippen LogP contribution in [0.25, 0.3) is 0 Å². The second-order valence-corrected chi connectivity index (χ2v) is 9.91. The Morgan fingerprint density at radius 2 is 1.06 bits per heavy atom. The first-order valence-electron chi connectivity index (χ1n) is 13.4. The van der Waals surface area contributed by atoms with Gasteiger partial charge in [-0.05, 0) is 38.3 Å². The molecule has 0 atom stereocenters. The van der Waals surface area contributed by atoms with Crippen molar-refractivity contribution in [3.05, 3.63) is 35.4 Å². The number of esters is 2. The van der Waals surface area contributed by atoms with Crippen molar-refractivity contribution >= 4 is 11.9 Å². The Kier molecular flexibility index (Phi) is 16.4. The Labute approximate surface area is 202 Å². The van der Waals surface area contributed by atoms with Crippen molar-refractivity contribution in [2.45, 2.75) is 124 Å². The van der Waals surface area contributed by atoms with E-state index in [0.717, 1.165) is 18.8 Å². The zero-order chi connectivity index (χ0) is 24.3. The molecule has 4 nitrogen and oxygen atoms in total. The molecular formula is C29H48O4. The lowest BCUT2D eigenvalue weighted by Crippen LogP contribution is -2.17. The molecule has 0 aliphatic heterocycles. The van der Waals surface area contributed by atoms with Crippen LogP contribution in [0.15, 0.2) is 24.3 Å². The van der Waals surface area contributed by atoms with Gasteiger partial charge in [0.25, 0.3) is 0 Å². The Bertz CT molecular complexity index is 651. The number of hydrogen-bond donors (Lipinski definition) is 0. The van der Waals surface area contributed by atoms with E-state index in [1.807, 2.05) is 0 Å². The lowest BCUT2D eigenvalue weighted by Gasteiger charge is -2.11. The zero-order valence-electron chi connectivity index (χ0n) is 21.7. The molecule has 1 aromatic rings. The van der Waals surface area contributed by atoms with Crippen LogP contribution in [0.1, 0.15) is 138 Å². The van der Waals surface area contributed by atoms with E-state index in [-0.39, 0.29) is 17.2 Å². The summed E-state index contributed by atoms with van der Waals surface area (Å²) in [6.07, 6.45) is 17.9. The van der Waals surface area contributed by atoms with Crippen LogP contribution in [0.4, 0.5) is 0 Å². The van der Waals surface area contributed by atoms with E-state index in [9.17, 15) is 9.59 Å². The lowest BCUT2D eigenvalue weighted by atomic mass is 10.0. The van der Waals surface area contributed by atoms with E-state index in [1.54, 1.807) is 38.1 Å². The van der Waals surface area contributed by atoms with E-state index in [0.29, 0.717) is 6.61 Å². The van der Waals surface area contributed by atoms with E-state index >= 15 is 0 Å². The van der Waals surface area contributed by atoms with Crippen LogP contribution < -0.4 is 0 Å². The molecule has 188 valence electrons. The minimum Gasteiger partial charge on any atom is -0.462 e. The lowest BCUT2D eigenvalue weighted by molar-refractivity contribution is 0.0360. The molecule has 4 heteroatoms. The maximum absolute atomic E-state index is 12.4. The quantitative estimate of drug-likeness (QED) is 0.153. The summed E-state index contributed by atoms with van der Waals surface area (Å²) in [6, 6.07) is 6.68. The third-order valence-electron chi connectivity index (χ3n) is 5.87. The third-order valence-corrected chi connectivity index (χ3v) is 5.87. The SMILES string of the molecule is CC(C)CCCCCCCCCCCCCCCOC(=O)c1ccccc1C(=O)OC(C)C. The minimum absolute atomic E-state index is 0.231. The number of rotatable bonds is 19. The molecular weight excluding hydrogens is 412 g/mol. The first-order valence-corrected chi connectivity index (χ1v) is 13.4. The first kappa shape index (κ1) is 29.2. The van der Waals surface area contributed by atoms with E-state index in [2.05, 4.69) is 13.8 Å².